The Morgan fingerprint density at radius 1 is 1.31 bits per heavy atom. The molecule has 16 heavy (non-hydrogen) atoms. The first-order valence-electron chi connectivity index (χ1n) is 5.92. The van der Waals surface area contributed by atoms with Crippen LogP contribution in [0.2, 0.25) is 0 Å². The Balaban J connectivity index is 1.94. The molecule has 1 aliphatic carbocycles. The van der Waals surface area contributed by atoms with Crippen molar-refractivity contribution in [2.24, 2.45) is 11.8 Å². The van der Waals surface area contributed by atoms with Gasteiger partial charge in [-0.2, -0.15) is 0 Å². The van der Waals surface area contributed by atoms with E-state index in [1.807, 2.05) is 0 Å². The molecule has 1 fully saturated rings. The van der Waals surface area contributed by atoms with Gasteiger partial charge in [0, 0.05) is 12.3 Å². The van der Waals surface area contributed by atoms with E-state index in [4.69, 9.17) is 0 Å². The highest BCUT2D eigenvalue weighted by Crippen LogP contribution is 2.31. The number of halogens is 1. The first-order chi connectivity index (χ1) is 7.65. The molecule has 0 aliphatic heterocycles. The van der Waals surface area contributed by atoms with Crippen LogP contribution in [0, 0.1) is 17.7 Å². The van der Waals surface area contributed by atoms with Crippen LogP contribution in [-0.4, -0.2) is 5.78 Å². The van der Waals surface area contributed by atoms with E-state index in [0.717, 1.165) is 18.4 Å². The predicted octanol–water partition coefficient (Wildman–Crippen LogP) is 3.37. The summed E-state index contributed by atoms with van der Waals surface area (Å²) < 4.78 is 12.7. The molecule has 1 aliphatic rings. The summed E-state index contributed by atoms with van der Waals surface area (Å²) in [5, 5.41) is 0. The average Bonchev–Trinajstić information content (AvgIpc) is 2.68. The number of hydrogen-bond donors (Lipinski definition) is 0. The number of hydrogen-bond acceptors (Lipinski definition) is 1. The molecule has 2 atom stereocenters. The second-order valence-corrected chi connectivity index (χ2v) is 4.88. The maximum Gasteiger partial charge on any atom is 0.140 e. The zero-order valence-electron chi connectivity index (χ0n) is 9.58. The minimum absolute atomic E-state index is 0.236. The molecule has 0 spiro atoms. The van der Waals surface area contributed by atoms with Crippen molar-refractivity contribution in [2.75, 3.05) is 0 Å². The number of ketones is 1. The summed E-state index contributed by atoms with van der Waals surface area (Å²) in [6.45, 7) is 2.20. The van der Waals surface area contributed by atoms with Gasteiger partial charge in [0.15, 0.2) is 0 Å². The SMILES string of the molecule is CC1CCC(C(=O)Cc2ccc(F)cc2)C1. The highest BCUT2D eigenvalue weighted by molar-refractivity contribution is 5.83. The van der Waals surface area contributed by atoms with Gasteiger partial charge in [-0.3, -0.25) is 4.79 Å². The van der Waals surface area contributed by atoms with Crippen LogP contribution in [0.5, 0.6) is 0 Å². The molecule has 86 valence electrons. The zero-order chi connectivity index (χ0) is 11.5. The summed E-state index contributed by atoms with van der Waals surface area (Å²) in [5.41, 5.74) is 0.922. The zero-order valence-corrected chi connectivity index (χ0v) is 9.58. The molecule has 0 radical (unpaired) electrons. The molecule has 2 rings (SSSR count). The molecule has 0 bridgehead atoms. The largest absolute Gasteiger partial charge is 0.299 e. The van der Waals surface area contributed by atoms with Crippen LogP contribution in [0.4, 0.5) is 4.39 Å². The Kier molecular flexibility index (Phi) is 3.37. The lowest BCUT2D eigenvalue weighted by atomic mass is 9.96. The van der Waals surface area contributed by atoms with Gasteiger partial charge in [-0.15, -0.1) is 0 Å². The van der Waals surface area contributed by atoms with Gasteiger partial charge in [0.1, 0.15) is 11.6 Å². The lowest BCUT2D eigenvalue weighted by Crippen LogP contribution is -2.13. The van der Waals surface area contributed by atoms with Gasteiger partial charge in [0.25, 0.3) is 0 Å². The smallest absolute Gasteiger partial charge is 0.140 e. The maximum atomic E-state index is 12.7. The molecule has 2 unspecified atom stereocenters. The van der Waals surface area contributed by atoms with Crippen molar-refractivity contribution in [2.45, 2.75) is 32.6 Å². The number of rotatable bonds is 3. The van der Waals surface area contributed by atoms with Crippen molar-refractivity contribution in [3.8, 4) is 0 Å². The van der Waals surface area contributed by atoms with E-state index >= 15 is 0 Å². The number of benzene rings is 1. The van der Waals surface area contributed by atoms with E-state index < -0.39 is 0 Å². The number of carbonyl (C=O) groups is 1. The summed E-state index contributed by atoms with van der Waals surface area (Å²) in [6, 6.07) is 6.23. The molecular formula is C14H17FO. The lowest BCUT2D eigenvalue weighted by Gasteiger charge is -2.08. The van der Waals surface area contributed by atoms with Gasteiger partial charge in [0.05, 0.1) is 0 Å². The summed E-state index contributed by atoms with van der Waals surface area (Å²) in [6.07, 6.45) is 3.68. The van der Waals surface area contributed by atoms with Gasteiger partial charge < -0.3 is 0 Å². The normalized spacial score (nSPS) is 24.6. The Hall–Kier alpha value is -1.18. The molecule has 0 heterocycles. The van der Waals surface area contributed by atoms with Gasteiger partial charge in [-0.05, 0) is 42.9 Å². The summed E-state index contributed by atoms with van der Waals surface area (Å²) in [4.78, 5) is 12.0. The fourth-order valence-electron chi connectivity index (χ4n) is 2.45. The molecular weight excluding hydrogens is 203 g/mol. The van der Waals surface area contributed by atoms with Crippen molar-refractivity contribution >= 4 is 5.78 Å². The Bertz CT molecular complexity index is 369. The van der Waals surface area contributed by atoms with Crippen LogP contribution in [0.15, 0.2) is 24.3 Å². The highest BCUT2D eigenvalue weighted by Gasteiger charge is 2.26. The van der Waals surface area contributed by atoms with Crippen molar-refractivity contribution in [1.82, 2.24) is 0 Å². The molecule has 0 amide bonds. The van der Waals surface area contributed by atoms with E-state index in [1.54, 1.807) is 12.1 Å². The number of carbonyl (C=O) groups excluding carboxylic acids is 1. The minimum Gasteiger partial charge on any atom is -0.299 e. The lowest BCUT2D eigenvalue weighted by molar-refractivity contribution is -0.122. The van der Waals surface area contributed by atoms with E-state index in [-0.39, 0.29) is 11.7 Å². The third-order valence-corrected chi connectivity index (χ3v) is 3.44. The summed E-state index contributed by atoms with van der Waals surface area (Å²) in [5.74, 6) is 0.990. The van der Waals surface area contributed by atoms with Gasteiger partial charge in [-0.1, -0.05) is 19.1 Å². The second kappa shape index (κ2) is 4.77. The maximum absolute atomic E-state index is 12.7. The molecule has 1 nitrogen and oxygen atoms in total. The molecule has 1 saturated carbocycles. The Morgan fingerprint density at radius 3 is 2.56 bits per heavy atom. The monoisotopic (exact) mass is 220 g/mol. The van der Waals surface area contributed by atoms with Crippen molar-refractivity contribution in [3.63, 3.8) is 0 Å². The topological polar surface area (TPSA) is 17.1 Å². The first-order valence-corrected chi connectivity index (χ1v) is 5.92. The van der Waals surface area contributed by atoms with Crippen LogP contribution < -0.4 is 0 Å². The highest BCUT2D eigenvalue weighted by atomic mass is 19.1. The van der Waals surface area contributed by atoms with Crippen LogP contribution in [-0.2, 0) is 11.2 Å². The second-order valence-electron chi connectivity index (χ2n) is 4.88. The van der Waals surface area contributed by atoms with Gasteiger partial charge in [-0.25, -0.2) is 4.39 Å². The Morgan fingerprint density at radius 2 is 2.00 bits per heavy atom. The quantitative estimate of drug-likeness (QED) is 0.763. The first kappa shape index (κ1) is 11.3. The van der Waals surface area contributed by atoms with E-state index in [9.17, 15) is 9.18 Å². The van der Waals surface area contributed by atoms with E-state index in [0.29, 0.717) is 18.1 Å². The standard InChI is InChI=1S/C14H17FO/c1-10-2-5-12(8-10)14(16)9-11-3-6-13(15)7-4-11/h3-4,6-7,10,12H,2,5,8-9H2,1H3. The molecule has 2 heteroatoms. The summed E-state index contributed by atoms with van der Waals surface area (Å²) in [7, 11) is 0. The molecule has 0 saturated heterocycles. The van der Waals surface area contributed by atoms with Crippen molar-refractivity contribution in [1.29, 1.82) is 0 Å². The fraction of sp³-hybridized carbons (Fsp3) is 0.500. The third kappa shape index (κ3) is 2.69. The third-order valence-electron chi connectivity index (χ3n) is 3.44. The van der Waals surface area contributed by atoms with Gasteiger partial charge in [0.2, 0.25) is 0 Å². The van der Waals surface area contributed by atoms with Crippen LogP contribution in [0.3, 0.4) is 0 Å². The van der Waals surface area contributed by atoms with E-state index in [2.05, 4.69) is 6.92 Å². The predicted molar refractivity (Wildman–Crippen MR) is 61.6 cm³/mol. The number of Topliss-reactive ketones (excluding diaryl/α,β-unsaturated/α-hetero) is 1. The fourth-order valence-corrected chi connectivity index (χ4v) is 2.45. The average molecular weight is 220 g/mol. The van der Waals surface area contributed by atoms with Crippen LogP contribution in [0.1, 0.15) is 31.7 Å². The Labute approximate surface area is 95.7 Å². The van der Waals surface area contributed by atoms with E-state index in [1.165, 1.54) is 18.6 Å². The minimum atomic E-state index is -0.245. The van der Waals surface area contributed by atoms with Crippen LogP contribution >= 0.6 is 0 Å². The molecule has 0 N–H and O–H groups in total. The molecule has 1 aromatic carbocycles. The van der Waals surface area contributed by atoms with Crippen LogP contribution in [0.25, 0.3) is 0 Å². The molecule has 0 aromatic heterocycles. The summed E-state index contributed by atoms with van der Waals surface area (Å²) >= 11 is 0. The van der Waals surface area contributed by atoms with Crippen molar-refractivity contribution in [3.05, 3.63) is 35.6 Å². The van der Waals surface area contributed by atoms with Crippen molar-refractivity contribution < 1.29 is 9.18 Å². The van der Waals surface area contributed by atoms with Gasteiger partial charge >= 0.3 is 0 Å². The molecule has 1 aromatic rings.